The Morgan fingerprint density at radius 3 is 3.05 bits per heavy atom. The molecule has 3 heteroatoms. The number of pyridine rings is 1. The maximum atomic E-state index is 6.04. The van der Waals surface area contributed by atoms with Gasteiger partial charge in [-0.3, -0.25) is 4.98 Å². The first-order valence-electron chi connectivity index (χ1n) is 7.31. The first kappa shape index (κ1) is 13.1. The van der Waals surface area contributed by atoms with Crippen LogP contribution in [0.4, 0.5) is 5.69 Å². The van der Waals surface area contributed by atoms with Crippen molar-refractivity contribution >= 4 is 5.69 Å². The van der Waals surface area contributed by atoms with Crippen LogP contribution in [0.25, 0.3) is 0 Å². The van der Waals surface area contributed by atoms with E-state index < -0.39 is 0 Å². The Morgan fingerprint density at radius 2 is 2.20 bits per heavy atom. The quantitative estimate of drug-likeness (QED) is 0.836. The summed E-state index contributed by atoms with van der Waals surface area (Å²) >= 11 is 0. The Labute approximate surface area is 120 Å². The fourth-order valence-corrected chi connectivity index (χ4v) is 2.98. The summed E-state index contributed by atoms with van der Waals surface area (Å²) in [4.78, 5) is 4.15. The number of nitrogens with one attached hydrogen (secondary N) is 1. The van der Waals surface area contributed by atoms with Crippen molar-refractivity contribution in [3.63, 3.8) is 0 Å². The van der Waals surface area contributed by atoms with Crippen LogP contribution in [0.5, 0.6) is 0 Å². The van der Waals surface area contributed by atoms with Crippen molar-refractivity contribution in [2.75, 3.05) is 12.3 Å². The molecule has 104 valence electrons. The summed E-state index contributed by atoms with van der Waals surface area (Å²) < 4.78 is 0. The van der Waals surface area contributed by atoms with Gasteiger partial charge in [-0.25, -0.2) is 0 Å². The molecule has 3 nitrogen and oxygen atoms in total. The van der Waals surface area contributed by atoms with Crippen LogP contribution in [0.3, 0.4) is 0 Å². The molecule has 2 aromatic rings. The summed E-state index contributed by atoms with van der Waals surface area (Å²) in [6.07, 6.45) is 8.15. The number of aromatic nitrogens is 1. The molecule has 1 heterocycles. The standard InChI is InChI=1S/C17H21N3/c18-17-5-1-4-14-11-15(6-7-16(14)17)20-10-8-13-3-2-9-19-12-13/h1-5,9,12,15,20H,6-8,10-11,18H2. The third-order valence-corrected chi connectivity index (χ3v) is 4.09. The Kier molecular flexibility index (Phi) is 3.97. The van der Waals surface area contributed by atoms with Crippen molar-refractivity contribution in [2.45, 2.75) is 31.7 Å². The van der Waals surface area contributed by atoms with Crippen LogP contribution in [0.15, 0.2) is 42.7 Å². The van der Waals surface area contributed by atoms with Crippen LogP contribution >= 0.6 is 0 Å². The average Bonchev–Trinajstić information content (AvgIpc) is 2.48. The summed E-state index contributed by atoms with van der Waals surface area (Å²) in [7, 11) is 0. The van der Waals surface area contributed by atoms with E-state index >= 15 is 0 Å². The predicted octanol–water partition coefficient (Wildman–Crippen LogP) is 2.35. The van der Waals surface area contributed by atoms with E-state index in [1.165, 1.54) is 23.1 Å². The molecule has 3 rings (SSSR count). The molecule has 0 spiro atoms. The highest BCUT2D eigenvalue weighted by atomic mass is 14.9. The molecule has 1 aromatic heterocycles. The molecular weight excluding hydrogens is 246 g/mol. The van der Waals surface area contributed by atoms with Crippen LogP contribution in [0.2, 0.25) is 0 Å². The fourth-order valence-electron chi connectivity index (χ4n) is 2.98. The minimum absolute atomic E-state index is 0.570. The monoisotopic (exact) mass is 267 g/mol. The van der Waals surface area contributed by atoms with Crippen LogP contribution in [-0.4, -0.2) is 17.6 Å². The van der Waals surface area contributed by atoms with Crippen molar-refractivity contribution in [3.8, 4) is 0 Å². The Balaban J connectivity index is 1.53. The normalized spacial score (nSPS) is 17.7. The molecule has 0 bridgehead atoms. The summed E-state index contributed by atoms with van der Waals surface area (Å²) in [5.74, 6) is 0. The summed E-state index contributed by atoms with van der Waals surface area (Å²) in [6.45, 7) is 1.01. The van der Waals surface area contributed by atoms with Gasteiger partial charge in [0, 0.05) is 24.1 Å². The van der Waals surface area contributed by atoms with Gasteiger partial charge in [-0.1, -0.05) is 18.2 Å². The Morgan fingerprint density at radius 1 is 1.25 bits per heavy atom. The van der Waals surface area contributed by atoms with Crippen molar-refractivity contribution in [1.82, 2.24) is 10.3 Å². The first-order valence-corrected chi connectivity index (χ1v) is 7.31. The van der Waals surface area contributed by atoms with Crippen molar-refractivity contribution in [3.05, 3.63) is 59.4 Å². The lowest BCUT2D eigenvalue weighted by atomic mass is 9.87. The fraction of sp³-hybridized carbons (Fsp3) is 0.353. The maximum Gasteiger partial charge on any atom is 0.0349 e. The van der Waals surface area contributed by atoms with E-state index in [9.17, 15) is 0 Å². The molecular formula is C17H21N3. The molecule has 0 amide bonds. The Hall–Kier alpha value is -1.87. The molecule has 0 aliphatic heterocycles. The molecule has 0 radical (unpaired) electrons. The van der Waals surface area contributed by atoms with Gasteiger partial charge in [0.1, 0.15) is 0 Å². The van der Waals surface area contributed by atoms with Gasteiger partial charge in [0.05, 0.1) is 0 Å². The molecule has 0 saturated carbocycles. The SMILES string of the molecule is Nc1cccc2c1CCC(NCCc1cccnc1)C2. The number of nitrogens with zero attached hydrogens (tertiary/aromatic N) is 1. The number of benzene rings is 1. The number of rotatable bonds is 4. The molecule has 1 aromatic carbocycles. The van der Waals surface area contributed by atoms with Gasteiger partial charge < -0.3 is 11.1 Å². The number of fused-ring (bicyclic) bond motifs is 1. The number of nitrogen functional groups attached to an aromatic ring is 1. The van der Waals surface area contributed by atoms with Crippen molar-refractivity contribution in [1.29, 1.82) is 0 Å². The van der Waals surface area contributed by atoms with Gasteiger partial charge in [-0.05, 0) is 61.1 Å². The maximum absolute atomic E-state index is 6.04. The van der Waals surface area contributed by atoms with Crippen LogP contribution in [-0.2, 0) is 19.3 Å². The number of hydrogen-bond donors (Lipinski definition) is 2. The molecule has 1 aliphatic carbocycles. The van der Waals surface area contributed by atoms with Gasteiger partial charge in [0.2, 0.25) is 0 Å². The van der Waals surface area contributed by atoms with Gasteiger partial charge in [0.25, 0.3) is 0 Å². The van der Waals surface area contributed by atoms with Gasteiger partial charge in [0.15, 0.2) is 0 Å². The lowest BCUT2D eigenvalue weighted by Crippen LogP contribution is -2.36. The highest BCUT2D eigenvalue weighted by Gasteiger charge is 2.19. The second-order valence-corrected chi connectivity index (χ2v) is 5.49. The lowest BCUT2D eigenvalue weighted by molar-refractivity contribution is 0.462. The Bertz CT molecular complexity index is 566. The minimum atomic E-state index is 0.570. The van der Waals surface area contributed by atoms with Gasteiger partial charge >= 0.3 is 0 Å². The van der Waals surface area contributed by atoms with Gasteiger partial charge in [-0.15, -0.1) is 0 Å². The van der Waals surface area contributed by atoms with Gasteiger partial charge in [-0.2, -0.15) is 0 Å². The minimum Gasteiger partial charge on any atom is -0.398 e. The lowest BCUT2D eigenvalue weighted by Gasteiger charge is -2.26. The van der Waals surface area contributed by atoms with E-state index in [0.29, 0.717) is 6.04 Å². The van der Waals surface area contributed by atoms with E-state index in [1.54, 1.807) is 0 Å². The predicted molar refractivity (Wildman–Crippen MR) is 82.6 cm³/mol. The molecule has 3 N–H and O–H groups in total. The third kappa shape index (κ3) is 2.99. The zero-order valence-electron chi connectivity index (χ0n) is 11.7. The number of nitrogens with two attached hydrogens (primary N) is 1. The highest BCUT2D eigenvalue weighted by Crippen LogP contribution is 2.26. The van der Waals surface area contributed by atoms with Crippen LogP contribution in [0, 0.1) is 0 Å². The van der Waals surface area contributed by atoms with Crippen molar-refractivity contribution < 1.29 is 0 Å². The molecule has 1 aliphatic rings. The second kappa shape index (κ2) is 6.06. The second-order valence-electron chi connectivity index (χ2n) is 5.49. The highest BCUT2D eigenvalue weighted by molar-refractivity contribution is 5.52. The zero-order valence-corrected chi connectivity index (χ0v) is 11.7. The molecule has 0 saturated heterocycles. The summed E-state index contributed by atoms with van der Waals surface area (Å²) in [6, 6.07) is 11.0. The van der Waals surface area contributed by atoms with Crippen molar-refractivity contribution in [2.24, 2.45) is 0 Å². The number of hydrogen-bond acceptors (Lipinski definition) is 3. The zero-order chi connectivity index (χ0) is 13.8. The first-order chi connectivity index (χ1) is 9.83. The summed E-state index contributed by atoms with van der Waals surface area (Å²) in [5.41, 5.74) is 11.1. The van der Waals surface area contributed by atoms with E-state index in [1.807, 2.05) is 24.5 Å². The molecule has 1 unspecified atom stereocenters. The van der Waals surface area contributed by atoms with Crippen LogP contribution < -0.4 is 11.1 Å². The molecule has 20 heavy (non-hydrogen) atoms. The largest absolute Gasteiger partial charge is 0.398 e. The van der Waals surface area contributed by atoms with E-state index in [-0.39, 0.29) is 0 Å². The van der Waals surface area contributed by atoms with E-state index in [0.717, 1.165) is 31.5 Å². The molecule has 1 atom stereocenters. The molecule has 0 fully saturated rings. The van der Waals surface area contributed by atoms with E-state index in [4.69, 9.17) is 5.73 Å². The average molecular weight is 267 g/mol. The van der Waals surface area contributed by atoms with E-state index in [2.05, 4.69) is 28.5 Å². The van der Waals surface area contributed by atoms with Crippen LogP contribution in [0.1, 0.15) is 23.1 Å². The smallest absolute Gasteiger partial charge is 0.0349 e. The topological polar surface area (TPSA) is 50.9 Å². The third-order valence-electron chi connectivity index (χ3n) is 4.09. The number of anilines is 1. The summed E-state index contributed by atoms with van der Waals surface area (Å²) in [5, 5.41) is 3.66.